The standard InChI is InChI=1S/C10H12FNO2/c11-7-3-1-6(2-4-7)9-10(14)8(13)5-12-9/h1-4,8-10,12-14H,5H2/t8-,9-,10+/m0/s1. The lowest BCUT2D eigenvalue weighted by molar-refractivity contribution is 0.0404. The fourth-order valence-electron chi connectivity index (χ4n) is 1.70. The van der Waals surface area contributed by atoms with Crippen LogP contribution in [0.1, 0.15) is 11.6 Å². The predicted molar refractivity (Wildman–Crippen MR) is 49.2 cm³/mol. The lowest BCUT2D eigenvalue weighted by atomic mass is 10.0. The van der Waals surface area contributed by atoms with E-state index in [4.69, 9.17) is 0 Å². The zero-order chi connectivity index (χ0) is 10.1. The lowest BCUT2D eigenvalue weighted by Crippen LogP contribution is -2.25. The van der Waals surface area contributed by atoms with E-state index in [2.05, 4.69) is 5.32 Å². The Morgan fingerprint density at radius 3 is 2.36 bits per heavy atom. The summed E-state index contributed by atoms with van der Waals surface area (Å²) in [5.41, 5.74) is 0.787. The van der Waals surface area contributed by atoms with Gasteiger partial charge in [-0.05, 0) is 17.7 Å². The Balaban J connectivity index is 2.19. The van der Waals surface area contributed by atoms with Gasteiger partial charge in [-0.15, -0.1) is 0 Å². The third-order valence-corrected chi connectivity index (χ3v) is 2.51. The highest BCUT2D eigenvalue weighted by molar-refractivity contribution is 5.22. The van der Waals surface area contributed by atoms with Crippen LogP contribution in [0.3, 0.4) is 0 Å². The molecule has 0 aromatic heterocycles. The van der Waals surface area contributed by atoms with Crippen LogP contribution in [0.25, 0.3) is 0 Å². The van der Waals surface area contributed by atoms with E-state index >= 15 is 0 Å². The largest absolute Gasteiger partial charge is 0.389 e. The second-order valence-corrected chi connectivity index (χ2v) is 3.50. The number of rotatable bonds is 1. The molecule has 0 radical (unpaired) electrons. The van der Waals surface area contributed by atoms with E-state index in [0.29, 0.717) is 6.54 Å². The molecule has 76 valence electrons. The van der Waals surface area contributed by atoms with Gasteiger partial charge in [0, 0.05) is 6.54 Å². The minimum atomic E-state index is -0.819. The van der Waals surface area contributed by atoms with Crippen LogP contribution in [-0.4, -0.2) is 29.0 Å². The summed E-state index contributed by atoms with van der Waals surface area (Å²) in [5, 5.41) is 21.8. The quantitative estimate of drug-likeness (QED) is 0.602. The zero-order valence-electron chi connectivity index (χ0n) is 7.52. The summed E-state index contributed by atoms with van der Waals surface area (Å²) in [6.07, 6.45) is -1.56. The third-order valence-electron chi connectivity index (χ3n) is 2.51. The highest BCUT2D eigenvalue weighted by atomic mass is 19.1. The van der Waals surface area contributed by atoms with Gasteiger partial charge < -0.3 is 15.5 Å². The van der Waals surface area contributed by atoms with Gasteiger partial charge in [-0.2, -0.15) is 0 Å². The first-order valence-corrected chi connectivity index (χ1v) is 4.53. The maximum absolute atomic E-state index is 12.6. The number of halogens is 1. The van der Waals surface area contributed by atoms with Crippen molar-refractivity contribution < 1.29 is 14.6 Å². The van der Waals surface area contributed by atoms with Crippen molar-refractivity contribution in [2.24, 2.45) is 0 Å². The highest BCUT2D eigenvalue weighted by Gasteiger charge is 2.33. The van der Waals surface area contributed by atoms with Crippen molar-refractivity contribution in [3.05, 3.63) is 35.6 Å². The van der Waals surface area contributed by atoms with Crippen LogP contribution < -0.4 is 5.32 Å². The molecule has 1 aliphatic heterocycles. The molecule has 0 unspecified atom stereocenters. The molecule has 4 heteroatoms. The molecule has 1 heterocycles. The van der Waals surface area contributed by atoms with Crippen LogP contribution in [-0.2, 0) is 0 Å². The SMILES string of the molecule is O[C@@H]1[C@@H](O)CN[C@H]1c1ccc(F)cc1. The van der Waals surface area contributed by atoms with Crippen LogP contribution in [0.5, 0.6) is 0 Å². The third kappa shape index (κ3) is 1.64. The number of nitrogens with one attached hydrogen (secondary N) is 1. The Hall–Kier alpha value is -0.970. The predicted octanol–water partition coefficient (Wildman–Crippen LogP) is 0.192. The molecule has 1 fully saturated rings. The zero-order valence-corrected chi connectivity index (χ0v) is 7.52. The van der Waals surface area contributed by atoms with Crippen LogP contribution in [0.2, 0.25) is 0 Å². The fourth-order valence-corrected chi connectivity index (χ4v) is 1.70. The summed E-state index contributed by atoms with van der Waals surface area (Å²) < 4.78 is 12.6. The van der Waals surface area contributed by atoms with Crippen LogP contribution in [0.4, 0.5) is 4.39 Å². The summed E-state index contributed by atoms with van der Waals surface area (Å²) in [4.78, 5) is 0. The summed E-state index contributed by atoms with van der Waals surface area (Å²) in [7, 11) is 0. The molecule has 1 aliphatic rings. The average Bonchev–Trinajstić information content (AvgIpc) is 2.50. The molecule has 0 spiro atoms. The minimum Gasteiger partial charge on any atom is -0.389 e. The number of aliphatic hydroxyl groups excluding tert-OH is 2. The van der Waals surface area contributed by atoms with Crippen molar-refractivity contribution in [2.75, 3.05) is 6.54 Å². The van der Waals surface area contributed by atoms with Gasteiger partial charge in [0.25, 0.3) is 0 Å². The van der Waals surface area contributed by atoms with Gasteiger partial charge in [0.1, 0.15) is 11.9 Å². The number of β-amino-alcohol motifs (C(OH)–C–C–N with tert-alkyl or cyclic N) is 1. The molecule has 0 bridgehead atoms. The molecular formula is C10H12FNO2. The molecule has 3 N–H and O–H groups in total. The molecule has 0 aliphatic carbocycles. The van der Waals surface area contributed by atoms with Crippen molar-refractivity contribution in [1.29, 1.82) is 0 Å². The first-order valence-electron chi connectivity index (χ1n) is 4.53. The first-order chi connectivity index (χ1) is 6.68. The molecule has 0 saturated carbocycles. The molecule has 3 atom stereocenters. The van der Waals surface area contributed by atoms with Crippen LogP contribution >= 0.6 is 0 Å². The van der Waals surface area contributed by atoms with E-state index in [1.54, 1.807) is 12.1 Å². The van der Waals surface area contributed by atoms with Gasteiger partial charge in [-0.3, -0.25) is 0 Å². The van der Waals surface area contributed by atoms with E-state index in [1.807, 2.05) is 0 Å². The summed E-state index contributed by atoms with van der Waals surface area (Å²) in [5.74, 6) is -0.304. The maximum atomic E-state index is 12.6. The molecule has 2 rings (SSSR count). The molecular weight excluding hydrogens is 185 g/mol. The van der Waals surface area contributed by atoms with Gasteiger partial charge in [-0.1, -0.05) is 12.1 Å². The Kier molecular flexibility index (Phi) is 2.50. The molecule has 0 amide bonds. The number of aliphatic hydroxyl groups is 2. The van der Waals surface area contributed by atoms with E-state index < -0.39 is 12.2 Å². The lowest BCUT2D eigenvalue weighted by Gasteiger charge is -2.16. The Morgan fingerprint density at radius 1 is 1.21 bits per heavy atom. The van der Waals surface area contributed by atoms with Crippen molar-refractivity contribution >= 4 is 0 Å². The Bertz CT molecular complexity index is 314. The average molecular weight is 197 g/mol. The fraction of sp³-hybridized carbons (Fsp3) is 0.400. The van der Waals surface area contributed by atoms with E-state index in [9.17, 15) is 14.6 Å². The van der Waals surface area contributed by atoms with E-state index in [-0.39, 0.29) is 11.9 Å². The number of benzene rings is 1. The monoisotopic (exact) mass is 197 g/mol. The van der Waals surface area contributed by atoms with Crippen LogP contribution in [0, 0.1) is 5.82 Å². The Morgan fingerprint density at radius 2 is 1.86 bits per heavy atom. The van der Waals surface area contributed by atoms with Gasteiger partial charge in [0.05, 0.1) is 12.1 Å². The van der Waals surface area contributed by atoms with Gasteiger partial charge in [-0.25, -0.2) is 4.39 Å². The van der Waals surface area contributed by atoms with E-state index in [1.165, 1.54) is 12.1 Å². The smallest absolute Gasteiger partial charge is 0.123 e. The van der Waals surface area contributed by atoms with Crippen LogP contribution in [0.15, 0.2) is 24.3 Å². The van der Waals surface area contributed by atoms with Gasteiger partial charge in [0.15, 0.2) is 0 Å². The normalized spacial score (nSPS) is 32.1. The molecule has 1 aromatic carbocycles. The molecule has 14 heavy (non-hydrogen) atoms. The second kappa shape index (κ2) is 3.65. The minimum absolute atomic E-state index is 0.300. The highest BCUT2D eigenvalue weighted by Crippen LogP contribution is 2.23. The molecule has 1 aromatic rings. The number of hydrogen-bond acceptors (Lipinski definition) is 3. The second-order valence-electron chi connectivity index (χ2n) is 3.50. The maximum Gasteiger partial charge on any atom is 0.123 e. The molecule has 1 saturated heterocycles. The van der Waals surface area contributed by atoms with Gasteiger partial charge in [0.2, 0.25) is 0 Å². The Labute approximate surface area is 81.2 Å². The first kappa shape index (κ1) is 9.58. The van der Waals surface area contributed by atoms with Crippen molar-refractivity contribution in [3.63, 3.8) is 0 Å². The summed E-state index contributed by atoms with van der Waals surface area (Å²) in [6.45, 7) is 0.364. The molecule has 3 nitrogen and oxygen atoms in total. The van der Waals surface area contributed by atoms with Gasteiger partial charge >= 0.3 is 0 Å². The summed E-state index contributed by atoms with van der Waals surface area (Å²) in [6, 6.07) is 5.59. The van der Waals surface area contributed by atoms with Crippen molar-refractivity contribution in [1.82, 2.24) is 5.32 Å². The topological polar surface area (TPSA) is 52.5 Å². The van der Waals surface area contributed by atoms with Crippen molar-refractivity contribution in [3.8, 4) is 0 Å². The number of hydrogen-bond donors (Lipinski definition) is 3. The summed E-state index contributed by atoms with van der Waals surface area (Å²) >= 11 is 0. The van der Waals surface area contributed by atoms with E-state index in [0.717, 1.165) is 5.56 Å². The van der Waals surface area contributed by atoms with Crippen molar-refractivity contribution in [2.45, 2.75) is 18.2 Å².